The quantitative estimate of drug-likeness (QED) is 0.233. The Bertz CT molecular complexity index is 1920. The summed E-state index contributed by atoms with van der Waals surface area (Å²) in [5.41, 5.74) is 4.19. The van der Waals surface area contributed by atoms with Gasteiger partial charge in [-0.05, 0) is 36.1 Å². The standard InChI is InChI=1S/C39H35N3O4S/c1-25-11-10-12-26(21-25)22-31(40-37(44)35(27-13-4-2-5-14-27)28-15-6-3-7-16-28)39(46)41-20-19-32-36(41)33(43)23-42(32)38(45)30-24-47-34-18-9-8-17-29(30)34/h2-18,21,24,31-32,35-36H,19-20,22-23H2,1H3,(H,40,44). The van der Waals surface area contributed by atoms with Gasteiger partial charge in [-0.15, -0.1) is 11.3 Å². The van der Waals surface area contributed by atoms with E-state index in [0.29, 0.717) is 18.5 Å². The minimum absolute atomic E-state index is 0.0406. The minimum Gasteiger partial charge on any atom is -0.343 e. The lowest BCUT2D eigenvalue weighted by atomic mass is 9.90. The molecule has 2 aliphatic rings. The maximum absolute atomic E-state index is 14.5. The van der Waals surface area contributed by atoms with Crippen molar-refractivity contribution in [2.45, 2.75) is 43.8 Å². The number of fused-ring (bicyclic) bond motifs is 2. The Morgan fingerprint density at radius 3 is 2.23 bits per heavy atom. The third kappa shape index (κ3) is 5.97. The van der Waals surface area contributed by atoms with E-state index in [9.17, 15) is 19.2 Å². The highest BCUT2D eigenvalue weighted by Crippen LogP contribution is 2.34. The van der Waals surface area contributed by atoms with Crippen molar-refractivity contribution in [3.8, 4) is 0 Å². The third-order valence-electron chi connectivity index (χ3n) is 9.34. The molecular formula is C39H35N3O4S. The van der Waals surface area contributed by atoms with E-state index in [2.05, 4.69) is 5.32 Å². The Hall–Kier alpha value is -5.08. The zero-order chi connectivity index (χ0) is 32.5. The Kier molecular flexibility index (Phi) is 8.43. The van der Waals surface area contributed by atoms with Gasteiger partial charge in [0.25, 0.3) is 5.91 Å². The summed E-state index contributed by atoms with van der Waals surface area (Å²) in [5, 5.41) is 5.83. The van der Waals surface area contributed by atoms with Gasteiger partial charge in [0.2, 0.25) is 11.8 Å². The second-order valence-electron chi connectivity index (χ2n) is 12.4. The van der Waals surface area contributed by atoms with E-state index in [1.165, 1.54) is 11.3 Å². The minimum atomic E-state index is -0.906. The van der Waals surface area contributed by atoms with Crippen LogP contribution in [0, 0.1) is 6.92 Å². The van der Waals surface area contributed by atoms with E-state index < -0.39 is 24.0 Å². The van der Waals surface area contributed by atoms with Crippen molar-refractivity contribution in [3.63, 3.8) is 0 Å². The maximum Gasteiger partial charge on any atom is 0.256 e. The number of nitrogens with one attached hydrogen (secondary N) is 1. The van der Waals surface area contributed by atoms with Crippen LogP contribution in [0.25, 0.3) is 10.1 Å². The largest absolute Gasteiger partial charge is 0.343 e. The van der Waals surface area contributed by atoms with Gasteiger partial charge in [0.15, 0.2) is 5.78 Å². The molecule has 7 rings (SSSR count). The average molecular weight is 642 g/mol. The molecule has 236 valence electrons. The third-order valence-corrected chi connectivity index (χ3v) is 10.3. The van der Waals surface area contributed by atoms with Crippen LogP contribution in [0.1, 0.15) is 45.0 Å². The van der Waals surface area contributed by atoms with E-state index in [4.69, 9.17) is 0 Å². The maximum atomic E-state index is 14.5. The monoisotopic (exact) mass is 641 g/mol. The first-order valence-corrected chi connectivity index (χ1v) is 16.8. The molecule has 4 aromatic carbocycles. The van der Waals surface area contributed by atoms with Crippen LogP contribution in [0.15, 0.2) is 115 Å². The number of likely N-dealkylation sites (tertiary alicyclic amines) is 2. The van der Waals surface area contributed by atoms with E-state index in [-0.39, 0.29) is 36.5 Å². The van der Waals surface area contributed by atoms with Crippen LogP contribution in [-0.2, 0) is 20.8 Å². The number of benzene rings is 4. The first-order chi connectivity index (χ1) is 22.9. The summed E-state index contributed by atoms with van der Waals surface area (Å²) in [6.45, 7) is 2.28. The summed E-state index contributed by atoms with van der Waals surface area (Å²) in [7, 11) is 0. The van der Waals surface area contributed by atoms with Gasteiger partial charge in [-0.1, -0.05) is 109 Å². The van der Waals surface area contributed by atoms with Crippen LogP contribution in [0.3, 0.4) is 0 Å². The Labute approximate surface area is 277 Å². The number of ketones is 1. The molecule has 5 aromatic rings. The van der Waals surface area contributed by atoms with Gasteiger partial charge in [0, 0.05) is 28.4 Å². The normalized spacial score (nSPS) is 18.0. The van der Waals surface area contributed by atoms with Gasteiger partial charge < -0.3 is 15.1 Å². The molecule has 0 radical (unpaired) electrons. The lowest BCUT2D eigenvalue weighted by Gasteiger charge is -2.29. The summed E-state index contributed by atoms with van der Waals surface area (Å²) in [6.07, 6.45) is 0.770. The zero-order valence-electron chi connectivity index (χ0n) is 26.0. The highest BCUT2D eigenvalue weighted by atomic mass is 32.1. The SMILES string of the molecule is Cc1cccc(CC(NC(=O)C(c2ccccc2)c2ccccc2)C(=O)N2CCC3C2C(=O)CN3C(=O)c2csc3ccccc23)c1. The summed E-state index contributed by atoms with van der Waals surface area (Å²) in [4.78, 5) is 59.3. The molecule has 3 heterocycles. The first-order valence-electron chi connectivity index (χ1n) is 16.0. The molecule has 47 heavy (non-hydrogen) atoms. The Morgan fingerprint density at radius 1 is 0.851 bits per heavy atom. The number of carbonyl (C=O) groups excluding carboxylic acids is 4. The smallest absolute Gasteiger partial charge is 0.256 e. The molecule has 0 aliphatic carbocycles. The van der Waals surface area contributed by atoms with Crippen LogP contribution >= 0.6 is 11.3 Å². The van der Waals surface area contributed by atoms with Crippen LogP contribution in [-0.4, -0.2) is 64.5 Å². The topological polar surface area (TPSA) is 86.8 Å². The number of hydrogen-bond donors (Lipinski definition) is 1. The number of rotatable bonds is 8. The summed E-state index contributed by atoms with van der Waals surface area (Å²) >= 11 is 1.51. The zero-order valence-corrected chi connectivity index (χ0v) is 26.9. The van der Waals surface area contributed by atoms with Crippen LogP contribution < -0.4 is 5.32 Å². The van der Waals surface area contributed by atoms with Crippen molar-refractivity contribution in [3.05, 3.63) is 142 Å². The van der Waals surface area contributed by atoms with Crippen LogP contribution in [0.5, 0.6) is 0 Å². The molecule has 0 saturated carbocycles. The van der Waals surface area contributed by atoms with Gasteiger partial charge in [-0.3, -0.25) is 19.2 Å². The summed E-state index contributed by atoms with van der Waals surface area (Å²) in [5.74, 6) is -1.56. The fraction of sp³-hybridized carbons (Fsp3) is 0.231. The molecule has 2 fully saturated rings. The van der Waals surface area contributed by atoms with Gasteiger partial charge >= 0.3 is 0 Å². The highest BCUT2D eigenvalue weighted by Gasteiger charge is 2.52. The predicted octanol–water partition coefficient (Wildman–Crippen LogP) is 5.76. The molecule has 8 heteroatoms. The van der Waals surface area contributed by atoms with Crippen molar-refractivity contribution in [1.29, 1.82) is 0 Å². The number of carbonyl (C=O) groups is 4. The van der Waals surface area contributed by atoms with Crippen LogP contribution in [0.2, 0.25) is 0 Å². The molecule has 0 spiro atoms. The van der Waals surface area contributed by atoms with Crippen molar-refractivity contribution in [2.75, 3.05) is 13.1 Å². The van der Waals surface area contributed by atoms with Gasteiger partial charge in [0.1, 0.15) is 12.1 Å². The van der Waals surface area contributed by atoms with E-state index >= 15 is 0 Å². The summed E-state index contributed by atoms with van der Waals surface area (Å²) in [6, 6.07) is 32.7. The van der Waals surface area contributed by atoms with Gasteiger partial charge in [-0.2, -0.15) is 0 Å². The van der Waals surface area contributed by atoms with E-state index in [0.717, 1.165) is 32.3 Å². The van der Waals surface area contributed by atoms with Crippen LogP contribution in [0.4, 0.5) is 0 Å². The highest BCUT2D eigenvalue weighted by molar-refractivity contribution is 7.17. The second kappa shape index (κ2) is 13.0. The van der Waals surface area contributed by atoms with Gasteiger partial charge in [0.05, 0.1) is 24.1 Å². The molecule has 2 aliphatic heterocycles. The second-order valence-corrected chi connectivity index (χ2v) is 13.3. The number of thiophene rings is 1. The first kappa shape index (κ1) is 30.6. The Morgan fingerprint density at radius 2 is 1.53 bits per heavy atom. The molecule has 7 nitrogen and oxygen atoms in total. The molecular weight excluding hydrogens is 607 g/mol. The van der Waals surface area contributed by atoms with Crippen molar-refractivity contribution >= 4 is 44.9 Å². The lowest BCUT2D eigenvalue weighted by molar-refractivity contribution is -0.140. The van der Waals surface area contributed by atoms with E-state index in [1.807, 2.05) is 121 Å². The number of hydrogen-bond acceptors (Lipinski definition) is 5. The Balaban J connectivity index is 1.17. The lowest BCUT2D eigenvalue weighted by Crippen LogP contribution is -2.54. The van der Waals surface area contributed by atoms with Crippen molar-refractivity contribution in [1.82, 2.24) is 15.1 Å². The molecule has 3 amide bonds. The number of aryl methyl sites for hydroxylation is 1. The molecule has 2 saturated heterocycles. The molecule has 0 bridgehead atoms. The van der Waals surface area contributed by atoms with Crippen molar-refractivity contribution < 1.29 is 19.2 Å². The number of nitrogens with zero attached hydrogens (tertiary/aromatic N) is 2. The summed E-state index contributed by atoms with van der Waals surface area (Å²) < 4.78 is 1.01. The van der Waals surface area contributed by atoms with E-state index in [1.54, 1.807) is 9.80 Å². The molecule has 1 aromatic heterocycles. The number of Topliss-reactive ketones (excluding diaryl/α,β-unsaturated/α-hetero) is 1. The molecule has 3 atom stereocenters. The van der Waals surface area contributed by atoms with Crippen molar-refractivity contribution in [2.24, 2.45) is 0 Å². The molecule has 1 N–H and O–H groups in total. The number of amides is 3. The predicted molar refractivity (Wildman–Crippen MR) is 183 cm³/mol. The van der Waals surface area contributed by atoms with Gasteiger partial charge in [-0.25, -0.2) is 0 Å². The fourth-order valence-corrected chi connectivity index (χ4v) is 8.09. The fourth-order valence-electron chi connectivity index (χ4n) is 7.15. The average Bonchev–Trinajstić information content (AvgIpc) is 3.80. The molecule has 3 unspecified atom stereocenters.